The molecule has 2 aromatic rings. The molecule has 0 aliphatic rings. The Kier molecular flexibility index (Phi) is 3.28. The zero-order chi connectivity index (χ0) is 13.1. The Bertz CT molecular complexity index is 564. The number of hydrogen-bond acceptors (Lipinski definition) is 3. The largest absolute Gasteiger partial charge is 0.397 e. The smallest absolute Gasteiger partial charge is 0.278 e. The van der Waals surface area contributed by atoms with Crippen molar-refractivity contribution in [2.45, 2.75) is 6.92 Å². The summed E-state index contributed by atoms with van der Waals surface area (Å²) in [5.41, 5.74) is 8.39. The maximum atomic E-state index is 12.2. The van der Waals surface area contributed by atoms with Crippen LogP contribution in [0, 0.1) is 6.92 Å². The quantitative estimate of drug-likeness (QED) is 0.877. The molecule has 18 heavy (non-hydrogen) atoms. The molecular formula is C14H15N3O. The van der Waals surface area contributed by atoms with Gasteiger partial charge in [0.1, 0.15) is 0 Å². The number of amides is 1. The van der Waals surface area contributed by atoms with Crippen LogP contribution in [0.2, 0.25) is 0 Å². The van der Waals surface area contributed by atoms with E-state index in [1.165, 1.54) is 4.90 Å². The summed E-state index contributed by atoms with van der Waals surface area (Å²) in [4.78, 5) is 17.8. The average molecular weight is 241 g/mol. The van der Waals surface area contributed by atoms with Gasteiger partial charge in [0.25, 0.3) is 5.91 Å². The molecule has 4 nitrogen and oxygen atoms in total. The van der Waals surface area contributed by atoms with Gasteiger partial charge in [-0.2, -0.15) is 0 Å². The minimum Gasteiger partial charge on any atom is -0.397 e. The number of carbonyl (C=O) groups is 1. The summed E-state index contributed by atoms with van der Waals surface area (Å²) >= 11 is 0. The SMILES string of the molecule is Cc1ccc(N(C)C(=O)c2ncccc2N)cc1. The van der Waals surface area contributed by atoms with Gasteiger partial charge in [-0.3, -0.25) is 4.79 Å². The summed E-state index contributed by atoms with van der Waals surface area (Å²) in [7, 11) is 1.71. The monoisotopic (exact) mass is 241 g/mol. The zero-order valence-electron chi connectivity index (χ0n) is 10.4. The van der Waals surface area contributed by atoms with Crippen LogP contribution >= 0.6 is 0 Å². The summed E-state index contributed by atoms with van der Waals surface area (Å²) in [6, 6.07) is 11.1. The summed E-state index contributed by atoms with van der Waals surface area (Å²) in [5, 5.41) is 0. The van der Waals surface area contributed by atoms with Crippen molar-refractivity contribution in [3.05, 3.63) is 53.9 Å². The molecule has 0 saturated heterocycles. The second-order valence-electron chi connectivity index (χ2n) is 4.14. The Morgan fingerprint density at radius 3 is 2.50 bits per heavy atom. The number of nitrogen functional groups attached to an aromatic ring is 1. The van der Waals surface area contributed by atoms with Gasteiger partial charge in [-0.05, 0) is 31.2 Å². The highest BCUT2D eigenvalue weighted by Crippen LogP contribution is 2.17. The first-order valence-corrected chi connectivity index (χ1v) is 5.65. The Morgan fingerprint density at radius 1 is 1.22 bits per heavy atom. The molecule has 0 radical (unpaired) electrons. The van der Waals surface area contributed by atoms with E-state index in [2.05, 4.69) is 4.98 Å². The van der Waals surface area contributed by atoms with Gasteiger partial charge in [-0.1, -0.05) is 17.7 Å². The standard InChI is InChI=1S/C14H15N3O/c1-10-5-7-11(8-6-10)17(2)14(18)13-12(15)4-3-9-16-13/h3-9H,15H2,1-2H3. The van der Waals surface area contributed by atoms with Crippen LogP contribution in [0.1, 0.15) is 16.1 Å². The molecule has 4 heteroatoms. The fourth-order valence-corrected chi connectivity index (χ4v) is 1.64. The van der Waals surface area contributed by atoms with E-state index in [1.807, 2.05) is 31.2 Å². The lowest BCUT2D eigenvalue weighted by molar-refractivity contribution is 0.0989. The molecule has 2 rings (SSSR count). The number of carbonyl (C=O) groups excluding carboxylic acids is 1. The molecule has 0 aliphatic carbocycles. The molecule has 0 atom stereocenters. The molecule has 2 N–H and O–H groups in total. The van der Waals surface area contributed by atoms with Gasteiger partial charge < -0.3 is 10.6 Å². The van der Waals surface area contributed by atoms with Crippen LogP contribution in [-0.4, -0.2) is 17.9 Å². The molecule has 0 unspecified atom stereocenters. The van der Waals surface area contributed by atoms with Crippen LogP contribution in [-0.2, 0) is 0 Å². The highest BCUT2D eigenvalue weighted by atomic mass is 16.2. The van der Waals surface area contributed by atoms with Crippen molar-refractivity contribution in [1.82, 2.24) is 4.98 Å². The number of nitrogens with zero attached hydrogens (tertiary/aromatic N) is 2. The molecule has 1 heterocycles. The van der Waals surface area contributed by atoms with Crippen molar-refractivity contribution in [3.8, 4) is 0 Å². The third kappa shape index (κ3) is 2.32. The van der Waals surface area contributed by atoms with Gasteiger partial charge in [0, 0.05) is 18.9 Å². The number of nitrogens with two attached hydrogens (primary N) is 1. The molecule has 0 bridgehead atoms. The maximum absolute atomic E-state index is 12.2. The fourth-order valence-electron chi connectivity index (χ4n) is 1.64. The first-order valence-electron chi connectivity index (χ1n) is 5.65. The molecule has 92 valence electrons. The molecule has 0 aliphatic heterocycles. The number of hydrogen-bond donors (Lipinski definition) is 1. The van der Waals surface area contributed by atoms with E-state index >= 15 is 0 Å². The van der Waals surface area contributed by atoms with Crippen molar-refractivity contribution < 1.29 is 4.79 Å². The number of aromatic nitrogens is 1. The van der Waals surface area contributed by atoms with E-state index in [0.29, 0.717) is 5.69 Å². The second kappa shape index (κ2) is 4.87. The Balaban J connectivity index is 2.29. The Morgan fingerprint density at radius 2 is 1.89 bits per heavy atom. The number of rotatable bonds is 2. The predicted octanol–water partition coefficient (Wildman–Crippen LogP) is 2.25. The molecule has 0 spiro atoms. The molecule has 1 aromatic heterocycles. The Hall–Kier alpha value is -2.36. The average Bonchev–Trinajstić information content (AvgIpc) is 2.38. The highest BCUT2D eigenvalue weighted by molar-refractivity contribution is 6.07. The van der Waals surface area contributed by atoms with Crippen LogP contribution in [0.25, 0.3) is 0 Å². The first kappa shape index (κ1) is 12.1. The third-order valence-electron chi connectivity index (χ3n) is 2.77. The summed E-state index contributed by atoms with van der Waals surface area (Å²) < 4.78 is 0. The van der Waals surface area contributed by atoms with Gasteiger partial charge in [-0.25, -0.2) is 4.98 Å². The van der Waals surface area contributed by atoms with E-state index in [0.717, 1.165) is 11.3 Å². The van der Waals surface area contributed by atoms with E-state index in [-0.39, 0.29) is 11.6 Å². The van der Waals surface area contributed by atoms with Crippen molar-refractivity contribution in [1.29, 1.82) is 0 Å². The van der Waals surface area contributed by atoms with E-state index in [4.69, 9.17) is 5.73 Å². The van der Waals surface area contributed by atoms with Gasteiger partial charge in [0.05, 0.1) is 5.69 Å². The number of pyridine rings is 1. The lowest BCUT2D eigenvalue weighted by Gasteiger charge is -2.17. The normalized spacial score (nSPS) is 10.1. The number of benzene rings is 1. The minimum absolute atomic E-state index is 0.211. The maximum Gasteiger partial charge on any atom is 0.278 e. The van der Waals surface area contributed by atoms with E-state index < -0.39 is 0 Å². The van der Waals surface area contributed by atoms with Crippen molar-refractivity contribution in [2.75, 3.05) is 17.7 Å². The third-order valence-corrected chi connectivity index (χ3v) is 2.77. The molecule has 1 aromatic carbocycles. The fraction of sp³-hybridized carbons (Fsp3) is 0.143. The van der Waals surface area contributed by atoms with E-state index in [9.17, 15) is 4.79 Å². The topological polar surface area (TPSA) is 59.2 Å². The number of anilines is 2. The van der Waals surface area contributed by atoms with Crippen molar-refractivity contribution >= 4 is 17.3 Å². The molecular weight excluding hydrogens is 226 g/mol. The lowest BCUT2D eigenvalue weighted by Crippen LogP contribution is -2.27. The molecule has 1 amide bonds. The predicted molar refractivity (Wildman–Crippen MR) is 72.6 cm³/mol. The molecule has 0 saturated carbocycles. The second-order valence-corrected chi connectivity index (χ2v) is 4.14. The van der Waals surface area contributed by atoms with Gasteiger partial charge in [-0.15, -0.1) is 0 Å². The Labute approximate surface area is 106 Å². The first-order chi connectivity index (χ1) is 8.59. The minimum atomic E-state index is -0.211. The van der Waals surface area contributed by atoms with Gasteiger partial charge in [0.2, 0.25) is 0 Å². The van der Waals surface area contributed by atoms with Crippen LogP contribution in [0.3, 0.4) is 0 Å². The number of aryl methyl sites for hydroxylation is 1. The zero-order valence-corrected chi connectivity index (χ0v) is 10.4. The lowest BCUT2D eigenvalue weighted by atomic mass is 10.2. The molecule has 0 fully saturated rings. The summed E-state index contributed by atoms with van der Waals surface area (Å²) in [5.74, 6) is -0.211. The van der Waals surface area contributed by atoms with Crippen LogP contribution in [0.5, 0.6) is 0 Å². The summed E-state index contributed by atoms with van der Waals surface area (Å²) in [6.45, 7) is 2.00. The van der Waals surface area contributed by atoms with Gasteiger partial charge in [0.15, 0.2) is 5.69 Å². The van der Waals surface area contributed by atoms with Gasteiger partial charge >= 0.3 is 0 Å². The van der Waals surface area contributed by atoms with Crippen molar-refractivity contribution in [2.24, 2.45) is 0 Å². The summed E-state index contributed by atoms with van der Waals surface area (Å²) in [6.07, 6.45) is 1.56. The van der Waals surface area contributed by atoms with Crippen molar-refractivity contribution in [3.63, 3.8) is 0 Å². The highest BCUT2D eigenvalue weighted by Gasteiger charge is 2.16. The van der Waals surface area contributed by atoms with Crippen LogP contribution in [0.15, 0.2) is 42.6 Å². The van der Waals surface area contributed by atoms with E-state index in [1.54, 1.807) is 25.4 Å². The van der Waals surface area contributed by atoms with Crippen LogP contribution < -0.4 is 10.6 Å². The van der Waals surface area contributed by atoms with Crippen LogP contribution in [0.4, 0.5) is 11.4 Å².